The summed E-state index contributed by atoms with van der Waals surface area (Å²) in [6.45, 7) is 0. The van der Waals surface area contributed by atoms with Gasteiger partial charge in [0.1, 0.15) is 5.82 Å². The van der Waals surface area contributed by atoms with Crippen molar-refractivity contribution >= 4 is 11.0 Å². The molecule has 0 amide bonds. The lowest BCUT2D eigenvalue weighted by molar-refractivity contribution is 0.746. The second-order valence-corrected chi connectivity index (χ2v) is 15.1. The van der Waals surface area contributed by atoms with Gasteiger partial charge in [-0.15, -0.1) is 0 Å². The monoisotopic (exact) mass is 738 g/mol. The van der Waals surface area contributed by atoms with Crippen LogP contribution < -0.4 is 0 Å². The topological polar surface area (TPSA) is 43.6 Å². The molecule has 4 heteroatoms. The van der Waals surface area contributed by atoms with Crippen molar-refractivity contribution in [2.75, 3.05) is 0 Å². The van der Waals surface area contributed by atoms with Gasteiger partial charge >= 0.3 is 0 Å². The van der Waals surface area contributed by atoms with Crippen molar-refractivity contribution in [1.29, 1.82) is 0 Å². The van der Waals surface area contributed by atoms with Crippen molar-refractivity contribution < 1.29 is 0 Å². The molecule has 8 aromatic carbocycles. The number of nitrogens with zero attached hydrogens (tertiary/aromatic N) is 4. The van der Waals surface area contributed by atoms with Crippen molar-refractivity contribution in [2.45, 2.75) is 5.41 Å². The molecule has 4 nitrogen and oxygen atoms in total. The van der Waals surface area contributed by atoms with Gasteiger partial charge in [-0.2, -0.15) is 0 Å². The summed E-state index contributed by atoms with van der Waals surface area (Å²) >= 11 is 0. The Hall–Kier alpha value is -7.69. The minimum atomic E-state index is -0.602. The normalized spacial score (nSPS) is 14.6. The minimum absolute atomic E-state index is 0.602. The molecule has 0 N–H and O–H groups in total. The molecule has 0 bridgehead atoms. The maximum atomic E-state index is 5.42. The first-order valence-electron chi connectivity index (χ1n) is 19.8. The Morgan fingerprint density at radius 3 is 1.62 bits per heavy atom. The second-order valence-electron chi connectivity index (χ2n) is 15.1. The van der Waals surface area contributed by atoms with Gasteiger partial charge in [0, 0.05) is 22.3 Å². The summed E-state index contributed by atoms with van der Waals surface area (Å²) in [6.07, 6.45) is 0. The molecule has 3 heterocycles. The molecule has 1 aliphatic carbocycles. The standard InChI is InChI=1S/C54H34N4/c1-4-16-35(17-5-1)36-30-32-38(33-31-36)48-34-47(37-18-6-2-7-19-37)55-52(56-48)41-23-14-26-44-50(41)40-22-10-11-24-42(40)54(44)43-25-12-13-29-49(43)58-51-45(54)27-15-28-46(51)57-53(58)39-20-8-3-9-21-39/h1-34H. The van der Waals surface area contributed by atoms with E-state index in [-0.39, 0.29) is 0 Å². The zero-order chi connectivity index (χ0) is 38.2. The Kier molecular flexibility index (Phi) is 7.11. The van der Waals surface area contributed by atoms with Crippen molar-refractivity contribution in [3.63, 3.8) is 0 Å². The van der Waals surface area contributed by atoms with E-state index in [2.05, 4.69) is 205 Å². The van der Waals surface area contributed by atoms with E-state index < -0.39 is 5.41 Å². The van der Waals surface area contributed by atoms with Crippen LogP contribution in [0.2, 0.25) is 0 Å². The third kappa shape index (κ3) is 4.66. The average Bonchev–Trinajstić information content (AvgIpc) is 3.84. The van der Waals surface area contributed by atoms with Crippen LogP contribution in [0.1, 0.15) is 22.3 Å². The Morgan fingerprint density at radius 1 is 0.362 bits per heavy atom. The summed E-state index contributed by atoms with van der Waals surface area (Å²) in [7, 11) is 0. The third-order valence-electron chi connectivity index (χ3n) is 12.1. The molecule has 0 radical (unpaired) electrons. The summed E-state index contributed by atoms with van der Waals surface area (Å²) < 4.78 is 2.38. The molecule has 0 fully saturated rings. The number of para-hydroxylation sites is 2. The van der Waals surface area contributed by atoms with E-state index in [1.165, 1.54) is 38.9 Å². The average molecular weight is 739 g/mol. The quantitative estimate of drug-likeness (QED) is 0.177. The van der Waals surface area contributed by atoms with Gasteiger partial charge in [-0.05, 0) is 62.7 Å². The molecule has 1 unspecified atom stereocenters. The number of hydrogen-bond acceptors (Lipinski definition) is 3. The molecular formula is C54H34N4. The number of fused-ring (bicyclic) bond motifs is 9. The SMILES string of the molecule is c1ccc(-c2ccc(-c3cc(-c4ccccc4)nc(-c4cccc5c4-c4ccccc4C54c5ccccc5-n5c(-c6ccccc6)nc6cccc4c65)n3)cc2)cc1. The van der Waals surface area contributed by atoms with E-state index in [1.807, 2.05) is 6.07 Å². The molecule has 0 saturated heterocycles. The van der Waals surface area contributed by atoms with Crippen LogP contribution >= 0.6 is 0 Å². The second kappa shape index (κ2) is 12.7. The lowest BCUT2D eigenvalue weighted by atomic mass is 9.65. The first kappa shape index (κ1) is 32.5. The summed E-state index contributed by atoms with van der Waals surface area (Å²) in [5.74, 6) is 1.65. The van der Waals surface area contributed by atoms with Gasteiger partial charge in [0.25, 0.3) is 0 Å². The van der Waals surface area contributed by atoms with Gasteiger partial charge in [-0.3, -0.25) is 4.57 Å². The Bertz CT molecular complexity index is 3200. The van der Waals surface area contributed by atoms with Crippen LogP contribution in [-0.2, 0) is 5.41 Å². The first-order valence-corrected chi connectivity index (χ1v) is 19.8. The van der Waals surface area contributed by atoms with Crippen molar-refractivity contribution in [2.24, 2.45) is 0 Å². The molecule has 58 heavy (non-hydrogen) atoms. The van der Waals surface area contributed by atoms with E-state index in [0.29, 0.717) is 5.82 Å². The number of imidazole rings is 1. The summed E-state index contributed by atoms with van der Waals surface area (Å²) in [6, 6.07) is 73.5. The molecule has 1 aliphatic heterocycles. The highest BCUT2D eigenvalue weighted by Crippen LogP contribution is 2.62. The number of aromatic nitrogens is 4. The van der Waals surface area contributed by atoms with Gasteiger partial charge in [0.15, 0.2) is 5.82 Å². The summed E-state index contributed by atoms with van der Waals surface area (Å²) in [4.78, 5) is 16.1. The molecule has 270 valence electrons. The molecule has 1 atom stereocenters. The predicted octanol–water partition coefficient (Wildman–Crippen LogP) is 12.8. The van der Waals surface area contributed by atoms with Crippen LogP contribution in [0.5, 0.6) is 0 Å². The van der Waals surface area contributed by atoms with E-state index >= 15 is 0 Å². The van der Waals surface area contributed by atoms with Crippen LogP contribution in [0, 0.1) is 0 Å². The first-order chi connectivity index (χ1) is 28.8. The molecule has 2 aliphatic rings. The van der Waals surface area contributed by atoms with Gasteiger partial charge in [0.05, 0.1) is 33.5 Å². The number of benzene rings is 8. The number of rotatable bonds is 5. The van der Waals surface area contributed by atoms with E-state index in [1.54, 1.807) is 0 Å². The Morgan fingerprint density at radius 2 is 0.879 bits per heavy atom. The van der Waals surface area contributed by atoms with Crippen LogP contribution in [0.3, 0.4) is 0 Å². The lowest BCUT2D eigenvalue weighted by Gasteiger charge is -2.39. The molecule has 0 saturated carbocycles. The van der Waals surface area contributed by atoms with Crippen molar-refractivity contribution in [3.05, 3.63) is 229 Å². The highest BCUT2D eigenvalue weighted by molar-refractivity contribution is 6.00. The van der Waals surface area contributed by atoms with Gasteiger partial charge in [-0.1, -0.05) is 188 Å². The van der Waals surface area contributed by atoms with Gasteiger partial charge in [-0.25, -0.2) is 15.0 Å². The minimum Gasteiger partial charge on any atom is -0.292 e. The fraction of sp³-hybridized carbons (Fsp3) is 0.0185. The van der Waals surface area contributed by atoms with E-state index in [0.717, 1.165) is 61.8 Å². The van der Waals surface area contributed by atoms with E-state index in [4.69, 9.17) is 15.0 Å². The number of hydrogen-bond donors (Lipinski definition) is 0. The predicted molar refractivity (Wildman–Crippen MR) is 235 cm³/mol. The maximum absolute atomic E-state index is 5.42. The molecule has 1 spiro atoms. The highest BCUT2D eigenvalue weighted by atomic mass is 15.1. The molecule has 2 aromatic heterocycles. The Labute approximate surface area is 336 Å². The Balaban J connectivity index is 1.12. The van der Waals surface area contributed by atoms with Crippen LogP contribution in [0.4, 0.5) is 0 Å². The zero-order valence-electron chi connectivity index (χ0n) is 31.4. The summed E-state index contributed by atoms with van der Waals surface area (Å²) in [5, 5.41) is 0. The lowest BCUT2D eigenvalue weighted by Crippen LogP contribution is -2.33. The highest BCUT2D eigenvalue weighted by Gasteiger charge is 2.51. The maximum Gasteiger partial charge on any atom is 0.161 e. The zero-order valence-corrected chi connectivity index (χ0v) is 31.4. The molecular weight excluding hydrogens is 705 g/mol. The van der Waals surface area contributed by atoms with Crippen molar-refractivity contribution in [3.8, 4) is 73.2 Å². The van der Waals surface area contributed by atoms with Crippen LogP contribution in [0.15, 0.2) is 206 Å². The smallest absolute Gasteiger partial charge is 0.161 e. The third-order valence-corrected chi connectivity index (χ3v) is 12.1. The molecule has 12 rings (SSSR count). The summed E-state index contributed by atoms with van der Waals surface area (Å²) in [5.41, 5.74) is 18.3. The molecule has 10 aromatic rings. The van der Waals surface area contributed by atoms with Gasteiger partial charge < -0.3 is 0 Å². The van der Waals surface area contributed by atoms with Crippen LogP contribution in [0.25, 0.3) is 84.3 Å². The van der Waals surface area contributed by atoms with Gasteiger partial charge in [0.2, 0.25) is 0 Å². The van der Waals surface area contributed by atoms with Crippen LogP contribution in [-0.4, -0.2) is 19.5 Å². The van der Waals surface area contributed by atoms with E-state index in [9.17, 15) is 0 Å². The fourth-order valence-electron chi connectivity index (χ4n) is 9.61. The largest absolute Gasteiger partial charge is 0.292 e. The fourth-order valence-corrected chi connectivity index (χ4v) is 9.61. The van der Waals surface area contributed by atoms with Crippen molar-refractivity contribution in [1.82, 2.24) is 19.5 Å².